The molecule has 0 unspecified atom stereocenters. The Balaban J connectivity index is 1.57. The second-order valence-electron chi connectivity index (χ2n) is 7.17. The monoisotopic (exact) mass is 313 g/mol. The molecule has 3 nitrogen and oxygen atoms in total. The topological polar surface area (TPSA) is 37.4 Å². The number of carbonyl (C=O) groups excluding carboxylic acids is 2. The molecule has 0 N–H and O–H groups in total. The molecular weight excluding hydrogens is 298 g/mol. The van der Waals surface area contributed by atoms with Crippen molar-refractivity contribution in [3.05, 3.63) is 40.9 Å². The van der Waals surface area contributed by atoms with Crippen molar-refractivity contribution < 1.29 is 9.59 Å². The third kappa shape index (κ3) is 1.30. The molecule has 1 aromatic rings. The molecule has 4 aliphatic rings. The Morgan fingerprint density at radius 1 is 1.09 bits per heavy atom. The minimum absolute atomic E-state index is 0.0296. The van der Waals surface area contributed by atoms with Crippen LogP contribution in [0.3, 0.4) is 0 Å². The van der Waals surface area contributed by atoms with Gasteiger partial charge in [-0.05, 0) is 54.7 Å². The first-order valence-electron chi connectivity index (χ1n) is 7.87. The summed E-state index contributed by atoms with van der Waals surface area (Å²) in [6.45, 7) is 1.91. The van der Waals surface area contributed by atoms with Crippen LogP contribution in [-0.4, -0.2) is 11.8 Å². The molecule has 22 heavy (non-hydrogen) atoms. The Kier molecular flexibility index (Phi) is 2.24. The van der Waals surface area contributed by atoms with Crippen LogP contribution < -0.4 is 4.90 Å². The first-order valence-corrected chi connectivity index (χ1v) is 8.25. The Morgan fingerprint density at radius 3 is 2.18 bits per heavy atom. The first kappa shape index (κ1) is 12.9. The number of halogens is 1. The lowest BCUT2D eigenvalue weighted by Gasteiger charge is -2.22. The van der Waals surface area contributed by atoms with E-state index in [2.05, 4.69) is 12.2 Å². The van der Waals surface area contributed by atoms with Gasteiger partial charge in [-0.3, -0.25) is 9.59 Å². The number of allylic oxidation sites excluding steroid dienone is 2. The van der Waals surface area contributed by atoms with Crippen LogP contribution in [0.25, 0.3) is 0 Å². The fourth-order valence-corrected chi connectivity index (χ4v) is 5.23. The average molecular weight is 314 g/mol. The highest BCUT2D eigenvalue weighted by Gasteiger charge is 2.73. The van der Waals surface area contributed by atoms with Crippen molar-refractivity contribution in [2.45, 2.75) is 19.8 Å². The molecule has 1 aliphatic heterocycles. The van der Waals surface area contributed by atoms with Gasteiger partial charge in [0.05, 0.1) is 17.5 Å². The van der Waals surface area contributed by atoms with Crippen molar-refractivity contribution in [1.82, 2.24) is 0 Å². The number of fused-ring (bicyclic) bond motifs is 3. The summed E-state index contributed by atoms with van der Waals surface area (Å²) in [6.07, 6.45) is 6.71. The third-order valence-electron chi connectivity index (χ3n) is 6.27. The number of nitrogens with zero attached hydrogens (tertiary/aromatic N) is 1. The van der Waals surface area contributed by atoms with E-state index in [1.165, 1.54) is 17.7 Å². The number of anilines is 1. The van der Waals surface area contributed by atoms with Crippen LogP contribution in [-0.2, 0) is 9.59 Å². The van der Waals surface area contributed by atoms with E-state index < -0.39 is 0 Å². The second-order valence-corrected chi connectivity index (χ2v) is 7.57. The van der Waals surface area contributed by atoms with E-state index in [1.54, 1.807) is 6.07 Å². The number of hydrogen-bond acceptors (Lipinski definition) is 2. The van der Waals surface area contributed by atoms with E-state index in [0.29, 0.717) is 10.7 Å². The third-order valence-corrected chi connectivity index (χ3v) is 6.67. The lowest BCUT2D eigenvalue weighted by molar-refractivity contribution is -0.123. The first-order chi connectivity index (χ1) is 10.5. The molecule has 0 aromatic heterocycles. The van der Waals surface area contributed by atoms with Gasteiger partial charge in [0, 0.05) is 5.02 Å². The number of hydrogen-bond donors (Lipinski definition) is 0. The maximum absolute atomic E-state index is 12.9. The molecule has 4 atom stereocenters. The van der Waals surface area contributed by atoms with E-state index in [4.69, 9.17) is 11.6 Å². The summed E-state index contributed by atoms with van der Waals surface area (Å²) in [7, 11) is 0. The predicted octanol–water partition coefficient (Wildman–Crippen LogP) is 3.35. The van der Waals surface area contributed by atoms with Crippen LogP contribution in [0.5, 0.6) is 0 Å². The summed E-state index contributed by atoms with van der Waals surface area (Å²) in [6, 6.07) is 5.41. The van der Waals surface area contributed by atoms with Gasteiger partial charge in [-0.2, -0.15) is 0 Å². The van der Waals surface area contributed by atoms with Gasteiger partial charge in [0.15, 0.2) is 0 Å². The number of carbonyl (C=O) groups is 2. The summed E-state index contributed by atoms with van der Waals surface area (Å²) >= 11 is 6.17. The normalized spacial score (nSPS) is 36.5. The van der Waals surface area contributed by atoms with Gasteiger partial charge in [0.1, 0.15) is 0 Å². The number of imide groups is 1. The maximum atomic E-state index is 12.9. The predicted molar refractivity (Wildman–Crippen MR) is 83.4 cm³/mol. The Morgan fingerprint density at radius 2 is 1.68 bits per heavy atom. The zero-order valence-electron chi connectivity index (χ0n) is 12.3. The summed E-state index contributed by atoms with van der Waals surface area (Å²) in [5, 5.41) is 0.593. The molecule has 1 saturated heterocycles. The van der Waals surface area contributed by atoms with Crippen LogP contribution in [0.1, 0.15) is 18.4 Å². The molecule has 112 valence electrons. The van der Waals surface area contributed by atoms with Crippen LogP contribution in [0.15, 0.2) is 30.4 Å². The zero-order valence-corrected chi connectivity index (χ0v) is 13.0. The van der Waals surface area contributed by atoms with E-state index in [-0.39, 0.29) is 40.9 Å². The molecule has 5 rings (SSSR count). The molecular formula is C18H16ClNO2. The van der Waals surface area contributed by atoms with Crippen molar-refractivity contribution >= 4 is 29.1 Å². The highest BCUT2D eigenvalue weighted by Crippen LogP contribution is 2.73. The summed E-state index contributed by atoms with van der Waals surface area (Å²) in [4.78, 5) is 27.2. The van der Waals surface area contributed by atoms with Crippen LogP contribution in [0.4, 0.5) is 5.69 Å². The zero-order chi connectivity index (χ0) is 15.2. The van der Waals surface area contributed by atoms with Crippen LogP contribution in [0, 0.1) is 36.0 Å². The molecule has 3 aliphatic carbocycles. The fraction of sp³-hybridized carbons (Fsp3) is 0.444. The van der Waals surface area contributed by atoms with Gasteiger partial charge >= 0.3 is 0 Å². The highest BCUT2D eigenvalue weighted by molar-refractivity contribution is 6.32. The highest BCUT2D eigenvalue weighted by atomic mass is 35.5. The molecule has 3 fully saturated rings. The minimum Gasteiger partial charge on any atom is -0.274 e. The van der Waals surface area contributed by atoms with Crippen LogP contribution >= 0.6 is 11.6 Å². The van der Waals surface area contributed by atoms with E-state index in [9.17, 15) is 9.59 Å². The largest absolute Gasteiger partial charge is 0.274 e. The van der Waals surface area contributed by atoms with E-state index >= 15 is 0 Å². The number of amides is 2. The molecule has 2 amide bonds. The SMILES string of the molecule is Cc1ccc(N2C(=O)[C@@H]3[C@@H](C2=O)[C@H]2C=C[C@H]3C23CC3)cc1Cl. The molecule has 1 spiro atoms. The molecule has 2 saturated carbocycles. The van der Waals surface area contributed by atoms with Gasteiger partial charge in [-0.25, -0.2) is 4.90 Å². The summed E-state index contributed by atoms with van der Waals surface area (Å²) < 4.78 is 0. The molecule has 1 aromatic carbocycles. The lowest BCUT2D eigenvalue weighted by atomic mass is 9.85. The van der Waals surface area contributed by atoms with Crippen LogP contribution in [0.2, 0.25) is 5.02 Å². The number of benzene rings is 1. The lowest BCUT2D eigenvalue weighted by Crippen LogP contribution is -2.34. The molecule has 1 heterocycles. The molecule has 4 heteroatoms. The van der Waals surface area contributed by atoms with Gasteiger partial charge in [0.25, 0.3) is 0 Å². The van der Waals surface area contributed by atoms with Crippen molar-refractivity contribution in [2.75, 3.05) is 4.90 Å². The number of rotatable bonds is 1. The van der Waals surface area contributed by atoms with Crippen molar-refractivity contribution in [3.8, 4) is 0 Å². The second kappa shape index (κ2) is 3.83. The van der Waals surface area contributed by atoms with E-state index in [0.717, 1.165) is 5.56 Å². The summed E-state index contributed by atoms with van der Waals surface area (Å²) in [5.41, 5.74) is 1.81. The van der Waals surface area contributed by atoms with Gasteiger partial charge < -0.3 is 0 Å². The maximum Gasteiger partial charge on any atom is 0.238 e. The smallest absolute Gasteiger partial charge is 0.238 e. The molecule has 0 radical (unpaired) electrons. The minimum atomic E-state index is -0.148. The van der Waals surface area contributed by atoms with Crippen molar-refractivity contribution in [3.63, 3.8) is 0 Å². The Labute approximate surface area is 133 Å². The number of aryl methyl sites for hydroxylation is 1. The standard InChI is InChI=1S/C18H16ClNO2/c1-9-2-3-10(8-13(9)19)20-16(21)14-11-4-5-12(15(14)17(20)22)18(11)6-7-18/h2-5,8,11-12,14-15H,6-7H2,1H3/t11-,12-,14+,15+/m1/s1. The summed E-state index contributed by atoms with van der Waals surface area (Å²) in [5.74, 6) is 0.181. The van der Waals surface area contributed by atoms with Gasteiger partial charge in [-0.1, -0.05) is 29.8 Å². The fourth-order valence-electron chi connectivity index (χ4n) is 5.05. The van der Waals surface area contributed by atoms with Gasteiger partial charge in [0.2, 0.25) is 11.8 Å². The van der Waals surface area contributed by atoms with Gasteiger partial charge in [-0.15, -0.1) is 0 Å². The van der Waals surface area contributed by atoms with Crippen molar-refractivity contribution in [1.29, 1.82) is 0 Å². The molecule has 2 bridgehead atoms. The van der Waals surface area contributed by atoms with Crippen molar-refractivity contribution in [2.24, 2.45) is 29.1 Å². The average Bonchev–Trinajstić information content (AvgIpc) is 3.08. The van der Waals surface area contributed by atoms with E-state index in [1.807, 2.05) is 19.1 Å². The Hall–Kier alpha value is -1.61. The quantitative estimate of drug-likeness (QED) is 0.589. The Bertz CT molecular complexity index is 730.